The number of rotatable bonds is 1. The largest absolute Gasteiger partial charge is 0.507 e. The van der Waals surface area contributed by atoms with Crippen LogP contribution in [-0.2, 0) is 23.9 Å². The molecule has 0 saturated heterocycles. The zero-order chi connectivity index (χ0) is 17.1. The second-order valence-electron chi connectivity index (χ2n) is 6.27. The van der Waals surface area contributed by atoms with E-state index in [9.17, 15) is 18.3 Å². The van der Waals surface area contributed by atoms with E-state index in [1.165, 1.54) is 6.07 Å². The van der Waals surface area contributed by atoms with Crippen molar-refractivity contribution in [2.75, 3.05) is 5.73 Å². The Bertz CT molecular complexity index is 832. The fraction of sp³-hybridized carbons (Fsp3) is 0.375. The Kier molecular flexibility index (Phi) is 3.05. The van der Waals surface area contributed by atoms with Crippen molar-refractivity contribution in [3.63, 3.8) is 0 Å². The van der Waals surface area contributed by atoms with E-state index in [1.54, 1.807) is 0 Å². The summed E-state index contributed by atoms with van der Waals surface area (Å²) < 4.78 is 44.1. The number of hydrogen-bond acceptors (Lipinski definition) is 5. The number of anilines is 1. The molecule has 5 nitrogen and oxygen atoms in total. The van der Waals surface area contributed by atoms with Crippen LogP contribution in [0.5, 0.6) is 5.75 Å². The number of aromatic nitrogens is 2. The van der Waals surface area contributed by atoms with E-state index >= 15 is 0 Å². The molecule has 1 aromatic heterocycles. The normalized spacial score (nSPS) is 18.5. The minimum atomic E-state index is -4.52. The Morgan fingerprint density at radius 3 is 2.54 bits per heavy atom. The van der Waals surface area contributed by atoms with E-state index in [1.807, 2.05) is 0 Å². The molecule has 126 valence electrons. The number of fused-ring (bicyclic) bond motifs is 1. The van der Waals surface area contributed by atoms with Crippen molar-refractivity contribution in [2.24, 2.45) is 0 Å². The van der Waals surface area contributed by atoms with Gasteiger partial charge in [-0.3, -0.25) is 0 Å². The average molecular weight is 337 g/mol. The standard InChI is InChI=1S/C16H14F3N3O2/c17-16(18,19)8-1-2-9(12(23)5-8)13-10-6-15(3-4-15)24-7-11(10)14(20)22-21-13/h1-2,5,23H,3-4,6-7H2,(H2,20,22). The molecule has 8 heteroatoms. The number of hydrogen-bond donors (Lipinski definition) is 2. The van der Waals surface area contributed by atoms with Gasteiger partial charge in [0.15, 0.2) is 5.82 Å². The molecule has 0 bridgehead atoms. The highest BCUT2D eigenvalue weighted by Crippen LogP contribution is 2.49. The molecule has 0 unspecified atom stereocenters. The molecule has 24 heavy (non-hydrogen) atoms. The molecule has 3 N–H and O–H groups in total. The van der Waals surface area contributed by atoms with Gasteiger partial charge in [0.25, 0.3) is 0 Å². The van der Waals surface area contributed by atoms with Crippen LogP contribution in [0.1, 0.15) is 29.5 Å². The molecule has 1 aromatic carbocycles. The number of phenolic OH excluding ortho intramolecular Hbond substituents is 1. The molecule has 4 rings (SSSR count). The number of nitrogens with two attached hydrogens (primary N) is 1. The van der Waals surface area contributed by atoms with Crippen molar-refractivity contribution in [3.8, 4) is 17.0 Å². The predicted molar refractivity (Wildman–Crippen MR) is 79.0 cm³/mol. The van der Waals surface area contributed by atoms with E-state index in [0.29, 0.717) is 30.4 Å². The minimum absolute atomic E-state index is 0.212. The number of aromatic hydroxyl groups is 1. The Hall–Kier alpha value is -2.35. The molecule has 0 atom stereocenters. The maximum absolute atomic E-state index is 12.8. The summed E-state index contributed by atoms with van der Waals surface area (Å²) in [5.41, 5.74) is 6.77. The molecular formula is C16H14F3N3O2. The van der Waals surface area contributed by atoms with Crippen LogP contribution in [0.25, 0.3) is 11.3 Å². The summed E-state index contributed by atoms with van der Waals surface area (Å²) in [7, 11) is 0. The lowest BCUT2D eigenvalue weighted by Crippen LogP contribution is -2.26. The van der Waals surface area contributed by atoms with Crippen LogP contribution in [0.3, 0.4) is 0 Å². The molecule has 2 heterocycles. The minimum Gasteiger partial charge on any atom is -0.507 e. The summed E-state index contributed by atoms with van der Waals surface area (Å²) in [5.74, 6) is -0.238. The van der Waals surface area contributed by atoms with Crippen LogP contribution < -0.4 is 5.73 Å². The molecular weight excluding hydrogens is 323 g/mol. The first-order chi connectivity index (χ1) is 11.3. The lowest BCUT2D eigenvalue weighted by molar-refractivity contribution is -0.137. The second-order valence-corrected chi connectivity index (χ2v) is 6.27. The SMILES string of the molecule is Nc1nnc(-c2ccc(C(F)(F)F)cc2O)c2c1COC1(CC1)C2. The Balaban J connectivity index is 1.83. The predicted octanol–water partition coefficient (Wildman–Crippen LogP) is 3.06. The van der Waals surface area contributed by atoms with Gasteiger partial charge in [-0.1, -0.05) is 0 Å². The molecule has 0 amide bonds. The molecule has 2 aromatic rings. The third kappa shape index (κ3) is 2.37. The summed E-state index contributed by atoms with van der Waals surface area (Å²) in [6.07, 6.45) is -2.10. The number of benzene rings is 1. The van der Waals surface area contributed by atoms with Gasteiger partial charge in [-0.2, -0.15) is 13.2 Å². The first-order valence-electron chi connectivity index (χ1n) is 7.48. The van der Waals surface area contributed by atoms with Gasteiger partial charge in [-0.25, -0.2) is 0 Å². The van der Waals surface area contributed by atoms with Gasteiger partial charge < -0.3 is 15.6 Å². The van der Waals surface area contributed by atoms with Crippen molar-refractivity contribution in [1.82, 2.24) is 10.2 Å². The van der Waals surface area contributed by atoms with Crippen molar-refractivity contribution in [1.29, 1.82) is 0 Å². The summed E-state index contributed by atoms with van der Waals surface area (Å²) >= 11 is 0. The van der Waals surface area contributed by atoms with Gasteiger partial charge in [-0.05, 0) is 36.6 Å². The average Bonchev–Trinajstić information content (AvgIpc) is 3.26. The number of ether oxygens (including phenoxy) is 1. The van der Waals surface area contributed by atoms with Crippen LogP contribution in [0.2, 0.25) is 0 Å². The summed E-state index contributed by atoms with van der Waals surface area (Å²) in [6, 6.07) is 2.84. The topological polar surface area (TPSA) is 81.3 Å². The molecule has 1 fully saturated rings. The third-order valence-corrected chi connectivity index (χ3v) is 4.63. The van der Waals surface area contributed by atoms with Gasteiger partial charge in [0.05, 0.1) is 17.8 Å². The number of phenols is 1. The van der Waals surface area contributed by atoms with Crippen LogP contribution in [0, 0.1) is 0 Å². The quantitative estimate of drug-likeness (QED) is 0.836. The molecule has 1 saturated carbocycles. The maximum Gasteiger partial charge on any atom is 0.416 e. The number of alkyl halides is 3. The van der Waals surface area contributed by atoms with Gasteiger partial charge in [0.1, 0.15) is 11.4 Å². The number of nitrogen functional groups attached to an aromatic ring is 1. The van der Waals surface area contributed by atoms with E-state index in [0.717, 1.165) is 24.5 Å². The van der Waals surface area contributed by atoms with E-state index < -0.39 is 17.5 Å². The highest BCUT2D eigenvalue weighted by molar-refractivity contribution is 5.73. The zero-order valence-corrected chi connectivity index (χ0v) is 12.5. The van der Waals surface area contributed by atoms with Gasteiger partial charge >= 0.3 is 6.18 Å². The number of halogens is 3. The molecule has 1 aliphatic carbocycles. The van der Waals surface area contributed by atoms with Gasteiger partial charge in [-0.15, -0.1) is 10.2 Å². The zero-order valence-electron chi connectivity index (χ0n) is 12.5. The van der Waals surface area contributed by atoms with Crippen LogP contribution in [-0.4, -0.2) is 20.9 Å². The first-order valence-corrected chi connectivity index (χ1v) is 7.48. The summed E-state index contributed by atoms with van der Waals surface area (Å²) in [4.78, 5) is 0. The third-order valence-electron chi connectivity index (χ3n) is 4.63. The van der Waals surface area contributed by atoms with E-state index in [4.69, 9.17) is 10.5 Å². The van der Waals surface area contributed by atoms with Crippen molar-refractivity contribution < 1.29 is 23.0 Å². The molecule has 2 aliphatic rings. The summed E-state index contributed by atoms with van der Waals surface area (Å²) in [6.45, 7) is 0.297. The van der Waals surface area contributed by atoms with E-state index in [-0.39, 0.29) is 17.0 Å². The molecule has 1 spiro atoms. The number of nitrogens with zero attached hydrogens (tertiary/aromatic N) is 2. The monoisotopic (exact) mass is 337 g/mol. The fourth-order valence-electron chi connectivity index (χ4n) is 3.06. The lowest BCUT2D eigenvalue weighted by atomic mass is 9.93. The van der Waals surface area contributed by atoms with Gasteiger partial charge in [0, 0.05) is 17.5 Å². The van der Waals surface area contributed by atoms with Gasteiger partial charge in [0.2, 0.25) is 0 Å². The Labute approximate surface area is 135 Å². The summed E-state index contributed by atoms with van der Waals surface area (Å²) in [5, 5.41) is 18.0. The van der Waals surface area contributed by atoms with E-state index in [2.05, 4.69) is 10.2 Å². The second kappa shape index (κ2) is 4.83. The van der Waals surface area contributed by atoms with Crippen LogP contribution in [0.4, 0.5) is 19.0 Å². The van der Waals surface area contributed by atoms with Crippen LogP contribution in [0.15, 0.2) is 18.2 Å². The Morgan fingerprint density at radius 1 is 1.17 bits per heavy atom. The highest BCUT2D eigenvalue weighted by Gasteiger charge is 2.48. The Morgan fingerprint density at radius 2 is 1.92 bits per heavy atom. The first kappa shape index (κ1) is 15.2. The smallest absolute Gasteiger partial charge is 0.416 e. The van der Waals surface area contributed by atoms with Crippen molar-refractivity contribution in [2.45, 2.75) is 37.6 Å². The maximum atomic E-state index is 12.8. The highest BCUT2D eigenvalue weighted by atomic mass is 19.4. The fourth-order valence-corrected chi connectivity index (χ4v) is 3.06. The molecule has 0 radical (unpaired) electrons. The van der Waals surface area contributed by atoms with Crippen LogP contribution >= 0.6 is 0 Å². The van der Waals surface area contributed by atoms with Crippen molar-refractivity contribution >= 4 is 5.82 Å². The van der Waals surface area contributed by atoms with Crippen molar-refractivity contribution in [3.05, 3.63) is 34.9 Å². The molecule has 1 aliphatic heterocycles. The lowest BCUT2D eigenvalue weighted by Gasteiger charge is -2.27.